The van der Waals surface area contributed by atoms with Crippen LogP contribution in [0.4, 0.5) is 18.3 Å². The van der Waals surface area contributed by atoms with Crippen LogP contribution in [0, 0.1) is 23.7 Å². The molecule has 7 nitrogen and oxygen atoms in total. The number of anilines is 1. The predicted molar refractivity (Wildman–Crippen MR) is 115 cm³/mol. The van der Waals surface area contributed by atoms with Crippen molar-refractivity contribution in [1.82, 2.24) is 15.1 Å². The molecule has 1 N–H and O–H groups in total. The van der Waals surface area contributed by atoms with Gasteiger partial charge in [-0.05, 0) is 36.0 Å². The van der Waals surface area contributed by atoms with Crippen molar-refractivity contribution in [2.45, 2.75) is 25.1 Å². The number of halogens is 4. The third-order valence-corrected chi connectivity index (χ3v) is 7.72. The summed E-state index contributed by atoms with van der Waals surface area (Å²) < 4.78 is 39.0. The summed E-state index contributed by atoms with van der Waals surface area (Å²) in [4.78, 5) is 40.6. The first-order valence-electron chi connectivity index (χ1n) is 10.1. The number of benzene rings is 1. The molecule has 172 valence electrons. The van der Waals surface area contributed by atoms with E-state index in [2.05, 4.69) is 31.4 Å². The van der Waals surface area contributed by atoms with Crippen molar-refractivity contribution in [3.8, 4) is 0 Å². The minimum Gasteiger partial charge on any atom is -0.300 e. The Balaban J connectivity index is 1.41. The van der Waals surface area contributed by atoms with E-state index in [4.69, 9.17) is 0 Å². The van der Waals surface area contributed by atoms with Crippen LogP contribution in [0.15, 0.2) is 40.9 Å². The second-order valence-electron chi connectivity index (χ2n) is 8.28. The molecule has 1 aromatic heterocycles. The molecule has 33 heavy (non-hydrogen) atoms. The Hall–Kier alpha value is -2.60. The normalized spacial score (nSPS) is 26.7. The molecule has 1 aromatic carbocycles. The Labute approximate surface area is 198 Å². The molecule has 2 heterocycles. The standard InChI is InChI=1S/C21H16BrF3N4O3S/c22-12-3-1-2-9(7-12)13(8-14(30)26-20-28-27-19(33-20)21(23,24)25)29-17(31)15-10-4-5-11(6-10)16(15)18(29)32/h1-5,7,10-11,13,15-16H,6,8H2,(H,26,28,30). The fourth-order valence-corrected chi connectivity index (χ4v) is 6.08. The summed E-state index contributed by atoms with van der Waals surface area (Å²) >= 11 is 3.57. The lowest BCUT2D eigenvalue weighted by molar-refractivity contribution is -0.144. The molecule has 5 rings (SSSR count). The van der Waals surface area contributed by atoms with Crippen molar-refractivity contribution in [1.29, 1.82) is 0 Å². The lowest BCUT2D eigenvalue weighted by Crippen LogP contribution is -2.38. The van der Waals surface area contributed by atoms with E-state index in [9.17, 15) is 27.6 Å². The third-order valence-electron chi connectivity index (χ3n) is 6.34. The van der Waals surface area contributed by atoms with Crippen molar-refractivity contribution in [3.05, 3.63) is 51.5 Å². The number of hydrogen-bond donors (Lipinski definition) is 1. The van der Waals surface area contributed by atoms with Crippen LogP contribution in [0.2, 0.25) is 0 Å². The Morgan fingerprint density at radius 1 is 1.18 bits per heavy atom. The molecule has 3 amide bonds. The van der Waals surface area contributed by atoms with Crippen LogP contribution < -0.4 is 5.32 Å². The predicted octanol–water partition coefficient (Wildman–Crippen LogP) is 4.20. The van der Waals surface area contributed by atoms with Gasteiger partial charge in [0.15, 0.2) is 0 Å². The number of nitrogens with one attached hydrogen (secondary N) is 1. The minimum atomic E-state index is -4.67. The fourth-order valence-electron chi connectivity index (χ4n) is 5.04. The highest BCUT2D eigenvalue weighted by molar-refractivity contribution is 9.10. The smallest absolute Gasteiger partial charge is 0.300 e. The maximum absolute atomic E-state index is 13.3. The van der Waals surface area contributed by atoms with Crippen LogP contribution >= 0.6 is 27.3 Å². The van der Waals surface area contributed by atoms with Crippen molar-refractivity contribution in [3.63, 3.8) is 0 Å². The van der Waals surface area contributed by atoms with Gasteiger partial charge in [0, 0.05) is 4.47 Å². The van der Waals surface area contributed by atoms with Gasteiger partial charge in [-0.25, -0.2) is 0 Å². The Morgan fingerprint density at radius 3 is 2.42 bits per heavy atom. The van der Waals surface area contributed by atoms with Gasteiger partial charge < -0.3 is 5.32 Å². The summed E-state index contributed by atoms with van der Waals surface area (Å²) in [6.45, 7) is 0. The SMILES string of the molecule is O=C(CC(c1cccc(Br)c1)N1C(=O)C2C3C=CC(C3)C2C1=O)Nc1nnc(C(F)(F)F)s1. The number of amides is 3. The number of rotatable bonds is 5. The van der Waals surface area contributed by atoms with Crippen LogP contribution in [-0.2, 0) is 20.6 Å². The number of fused-ring (bicyclic) bond motifs is 5. The Bertz CT molecular complexity index is 1150. The van der Waals surface area contributed by atoms with E-state index < -0.39 is 35.0 Å². The maximum Gasteiger partial charge on any atom is 0.445 e. The van der Waals surface area contributed by atoms with Gasteiger partial charge in [0.2, 0.25) is 27.9 Å². The first-order chi connectivity index (χ1) is 15.6. The zero-order valence-corrected chi connectivity index (χ0v) is 19.2. The number of hydrogen-bond acceptors (Lipinski definition) is 6. The van der Waals surface area contributed by atoms with Gasteiger partial charge in [0.05, 0.1) is 24.3 Å². The minimum absolute atomic E-state index is 0.0145. The van der Waals surface area contributed by atoms with E-state index in [0.717, 1.165) is 6.42 Å². The lowest BCUT2D eigenvalue weighted by atomic mass is 9.85. The number of alkyl halides is 3. The molecule has 12 heteroatoms. The number of nitrogens with zero attached hydrogens (tertiary/aromatic N) is 3. The second-order valence-corrected chi connectivity index (χ2v) is 10.2. The fraction of sp³-hybridized carbons (Fsp3) is 0.381. The summed E-state index contributed by atoms with van der Waals surface area (Å²) in [5.74, 6) is -2.12. The van der Waals surface area contributed by atoms with Crippen molar-refractivity contribution in [2.24, 2.45) is 23.7 Å². The molecule has 0 radical (unpaired) electrons. The molecule has 1 saturated heterocycles. The van der Waals surface area contributed by atoms with E-state index in [1.165, 1.54) is 4.90 Å². The summed E-state index contributed by atoms with van der Waals surface area (Å²) in [6.07, 6.45) is -0.249. The van der Waals surface area contributed by atoms with Crippen LogP contribution in [0.3, 0.4) is 0 Å². The summed E-state index contributed by atoms with van der Waals surface area (Å²) in [5.41, 5.74) is 0.565. The van der Waals surface area contributed by atoms with Crippen molar-refractivity contribution >= 4 is 50.1 Å². The molecule has 5 unspecified atom stereocenters. The topological polar surface area (TPSA) is 92.3 Å². The van der Waals surface area contributed by atoms with Crippen LogP contribution in [0.5, 0.6) is 0 Å². The summed E-state index contributed by atoms with van der Waals surface area (Å²) in [6, 6.07) is 6.01. The maximum atomic E-state index is 13.3. The van der Waals surface area contributed by atoms with Crippen molar-refractivity contribution in [2.75, 3.05) is 5.32 Å². The van der Waals surface area contributed by atoms with E-state index in [0.29, 0.717) is 10.0 Å². The number of likely N-dealkylation sites (tertiary alicyclic amines) is 1. The highest BCUT2D eigenvalue weighted by atomic mass is 79.9. The highest BCUT2D eigenvalue weighted by Gasteiger charge is 2.60. The van der Waals surface area contributed by atoms with Gasteiger partial charge in [-0.1, -0.05) is 51.6 Å². The number of imide groups is 1. The molecule has 0 spiro atoms. The van der Waals surface area contributed by atoms with Gasteiger partial charge in [-0.2, -0.15) is 13.2 Å². The number of allylic oxidation sites excluding steroid dienone is 2. The molecule has 3 aliphatic rings. The zero-order chi connectivity index (χ0) is 23.5. The lowest BCUT2D eigenvalue weighted by Gasteiger charge is -2.28. The van der Waals surface area contributed by atoms with Crippen LogP contribution in [0.25, 0.3) is 0 Å². The quantitative estimate of drug-likeness (QED) is 0.453. The largest absolute Gasteiger partial charge is 0.445 e. The third kappa shape index (κ3) is 3.88. The van der Waals surface area contributed by atoms with Crippen LogP contribution in [0.1, 0.15) is 29.5 Å². The van der Waals surface area contributed by atoms with E-state index in [1.807, 2.05) is 12.2 Å². The van der Waals surface area contributed by atoms with E-state index in [-0.39, 0.29) is 46.5 Å². The van der Waals surface area contributed by atoms with Crippen LogP contribution in [-0.4, -0.2) is 32.8 Å². The van der Waals surface area contributed by atoms with Gasteiger partial charge in [0.25, 0.3) is 0 Å². The first-order valence-corrected chi connectivity index (χ1v) is 11.8. The van der Waals surface area contributed by atoms with Crippen molar-refractivity contribution < 1.29 is 27.6 Å². The molecule has 1 aliphatic heterocycles. The molecule has 2 bridgehead atoms. The molecule has 2 fully saturated rings. The molecule has 5 atom stereocenters. The number of aromatic nitrogens is 2. The average molecular weight is 541 g/mol. The van der Waals surface area contributed by atoms with Gasteiger partial charge in [0.1, 0.15) is 0 Å². The summed E-state index contributed by atoms with van der Waals surface area (Å²) in [7, 11) is 0. The monoisotopic (exact) mass is 540 g/mol. The Morgan fingerprint density at radius 2 is 1.85 bits per heavy atom. The molecule has 1 saturated carbocycles. The molecule has 2 aliphatic carbocycles. The van der Waals surface area contributed by atoms with Gasteiger partial charge >= 0.3 is 6.18 Å². The average Bonchev–Trinajstić information content (AvgIpc) is 3.51. The zero-order valence-electron chi connectivity index (χ0n) is 16.8. The number of carbonyl (C=O) groups is 3. The van der Waals surface area contributed by atoms with Gasteiger partial charge in [-0.15, -0.1) is 10.2 Å². The molecular formula is C21H16BrF3N4O3S. The first kappa shape index (κ1) is 22.2. The molecular weight excluding hydrogens is 525 g/mol. The van der Waals surface area contributed by atoms with Gasteiger partial charge in [-0.3, -0.25) is 19.3 Å². The molecule has 2 aromatic rings. The van der Waals surface area contributed by atoms with E-state index in [1.54, 1.807) is 24.3 Å². The second kappa shape index (κ2) is 8.01. The Kier molecular flexibility index (Phi) is 5.39. The summed E-state index contributed by atoms with van der Waals surface area (Å²) in [5, 5.41) is 7.25. The van der Waals surface area contributed by atoms with E-state index >= 15 is 0 Å². The highest BCUT2D eigenvalue weighted by Crippen LogP contribution is 2.54. The number of carbonyl (C=O) groups excluding carboxylic acids is 3.